The molecule has 0 aliphatic heterocycles. The molecule has 0 fully saturated rings. The molecule has 0 unspecified atom stereocenters. The molecular weight excluding hydrogens is 228 g/mol. The van der Waals surface area contributed by atoms with Crippen LogP contribution in [0.3, 0.4) is 0 Å². The van der Waals surface area contributed by atoms with Gasteiger partial charge in [0.1, 0.15) is 17.4 Å². The van der Waals surface area contributed by atoms with E-state index in [0.717, 1.165) is 18.1 Å². The molecule has 0 aliphatic rings. The van der Waals surface area contributed by atoms with Gasteiger partial charge in [0.2, 0.25) is 0 Å². The zero-order chi connectivity index (χ0) is 13.0. The van der Waals surface area contributed by atoms with Gasteiger partial charge in [0.25, 0.3) is 0 Å². The molecule has 1 aromatic heterocycles. The van der Waals surface area contributed by atoms with Crippen molar-refractivity contribution in [3.63, 3.8) is 0 Å². The highest BCUT2D eigenvalue weighted by Crippen LogP contribution is 2.15. The van der Waals surface area contributed by atoms with E-state index in [1.165, 1.54) is 11.8 Å². The van der Waals surface area contributed by atoms with Gasteiger partial charge in [0.15, 0.2) is 0 Å². The van der Waals surface area contributed by atoms with Gasteiger partial charge < -0.3 is 15.4 Å². The van der Waals surface area contributed by atoms with Crippen molar-refractivity contribution in [1.29, 1.82) is 0 Å². The zero-order valence-electron chi connectivity index (χ0n) is 10.5. The summed E-state index contributed by atoms with van der Waals surface area (Å²) in [6.45, 7) is 0.738. The van der Waals surface area contributed by atoms with Crippen molar-refractivity contribution >= 4 is 11.6 Å². The lowest BCUT2D eigenvalue weighted by molar-refractivity contribution is 0.414. The summed E-state index contributed by atoms with van der Waals surface area (Å²) in [6, 6.07) is 7.92. The van der Waals surface area contributed by atoms with E-state index in [9.17, 15) is 0 Å². The van der Waals surface area contributed by atoms with E-state index in [4.69, 9.17) is 10.5 Å². The van der Waals surface area contributed by atoms with E-state index in [1.807, 2.05) is 36.2 Å². The molecule has 1 aromatic carbocycles. The number of nitrogen functional groups attached to an aromatic ring is 1. The molecule has 0 bridgehead atoms. The number of ether oxygens (including phenoxy) is 1. The fourth-order valence-corrected chi connectivity index (χ4v) is 1.64. The van der Waals surface area contributed by atoms with E-state index in [-0.39, 0.29) is 0 Å². The molecule has 0 atom stereocenters. The highest BCUT2D eigenvalue weighted by molar-refractivity contribution is 5.41. The number of benzene rings is 1. The van der Waals surface area contributed by atoms with Crippen molar-refractivity contribution in [1.82, 2.24) is 9.97 Å². The highest BCUT2D eigenvalue weighted by atomic mass is 16.5. The Hall–Kier alpha value is -2.30. The SMILES string of the molecule is COc1ccc(CN(C)c2cncc(N)n2)cc1. The monoisotopic (exact) mass is 244 g/mol. The van der Waals surface area contributed by atoms with Gasteiger partial charge >= 0.3 is 0 Å². The van der Waals surface area contributed by atoms with Gasteiger partial charge in [0.05, 0.1) is 19.5 Å². The summed E-state index contributed by atoms with van der Waals surface area (Å²) in [5.41, 5.74) is 6.78. The molecule has 0 saturated carbocycles. The first-order chi connectivity index (χ1) is 8.69. The van der Waals surface area contributed by atoms with E-state index < -0.39 is 0 Å². The predicted molar refractivity (Wildman–Crippen MR) is 71.5 cm³/mol. The van der Waals surface area contributed by atoms with Gasteiger partial charge in [-0.25, -0.2) is 4.98 Å². The number of hydrogen-bond donors (Lipinski definition) is 1. The van der Waals surface area contributed by atoms with Crippen molar-refractivity contribution < 1.29 is 4.74 Å². The molecule has 0 saturated heterocycles. The van der Waals surface area contributed by atoms with Crippen LogP contribution in [-0.2, 0) is 6.54 Å². The number of aromatic nitrogens is 2. The minimum absolute atomic E-state index is 0.425. The molecule has 0 radical (unpaired) electrons. The second-order valence-corrected chi connectivity index (χ2v) is 4.01. The Bertz CT molecular complexity index is 513. The molecule has 18 heavy (non-hydrogen) atoms. The summed E-state index contributed by atoms with van der Waals surface area (Å²) in [7, 11) is 3.61. The fraction of sp³-hybridized carbons (Fsp3) is 0.231. The summed E-state index contributed by atoms with van der Waals surface area (Å²) >= 11 is 0. The first-order valence-corrected chi connectivity index (χ1v) is 5.60. The number of rotatable bonds is 4. The third-order valence-electron chi connectivity index (χ3n) is 2.61. The normalized spacial score (nSPS) is 10.1. The minimum atomic E-state index is 0.425. The molecular formula is C13H16N4O. The fourth-order valence-electron chi connectivity index (χ4n) is 1.64. The largest absolute Gasteiger partial charge is 0.497 e. The van der Waals surface area contributed by atoms with E-state index >= 15 is 0 Å². The predicted octanol–water partition coefficient (Wildman–Crippen LogP) is 1.70. The first kappa shape index (κ1) is 12.2. The maximum absolute atomic E-state index is 5.61. The third kappa shape index (κ3) is 2.88. The smallest absolute Gasteiger partial charge is 0.149 e. The van der Waals surface area contributed by atoms with E-state index in [1.54, 1.807) is 13.3 Å². The molecule has 0 spiro atoms. The van der Waals surface area contributed by atoms with Gasteiger partial charge in [-0.1, -0.05) is 12.1 Å². The lowest BCUT2D eigenvalue weighted by Gasteiger charge is -2.18. The Labute approximate surface area is 106 Å². The molecule has 5 heteroatoms. The topological polar surface area (TPSA) is 64.3 Å². The molecule has 5 nitrogen and oxygen atoms in total. The van der Waals surface area contributed by atoms with Crippen LogP contribution in [0, 0.1) is 0 Å². The summed E-state index contributed by atoms with van der Waals surface area (Å²) < 4.78 is 5.12. The number of methoxy groups -OCH3 is 1. The molecule has 0 amide bonds. The van der Waals surface area contributed by atoms with Gasteiger partial charge in [-0.2, -0.15) is 0 Å². The first-order valence-electron chi connectivity index (χ1n) is 5.60. The summed E-state index contributed by atoms with van der Waals surface area (Å²) in [4.78, 5) is 10.2. The van der Waals surface area contributed by atoms with Crippen LogP contribution in [0.4, 0.5) is 11.6 Å². The van der Waals surface area contributed by atoms with Crippen LogP contribution in [0.15, 0.2) is 36.7 Å². The molecule has 94 valence electrons. The van der Waals surface area contributed by atoms with Crippen molar-refractivity contribution in [3.8, 4) is 5.75 Å². The highest BCUT2D eigenvalue weighted by Gasteiger charge is 2.04. The van der Waals surface area contributed by atoms with Gasteiger partial charge in [-0.3, -0.25) is 4.98 Å². The lowest BCUT2D eigenvalue weighted by atomic mass is 10.2. The van der Waals surface area contributed by atoms with E-state index in [0.29, 0.717) is 5.82 Å². The van der Waals surface area contributed by atoms with Crippen molar-refractivity contribution in [2.45, 2.75) is 6.54 Å². The van der Waals surface area contributed by atoms with Crippen LogP contribution in [-0.4, -0.2) is 24.1 Å². The van der Waals surface area contributed by atoms with Crippen LogP contribution in [0.25, 0.3) is 0 Å². The van der Waals surface area contributed by atoms with Gasteiger partial charge in [0, 0.05) is 13.6 Å². The molecule has 0 aliphatic carbocycles. The quantitative estimate of drug-likeness (QED) is 0.886. The van der Waals surface area contributed by atoms with Gasteiger partial charge in [-0.15, -0.1) is 0 Å². The Kier molecular flexibility index (Phi) is 3.62. The number of nitrogens with two attached hydrogens (primary N) is 1. The maximum Gasteiger partial charge on any atom is 0.149 e. The number of hydrogen-bond acceptors (Lipinski definition) is 5. The van der Waals surface area contributed by atoms with Crippen LogP contribution in [0.1, 0.15) is 5.56 Å². The molecule has 2 N–H and O–H groups in total. The van der Waals surface area contributed by atoms with Crippen LogP contribution in [0.2, 0.25) is 0 Å². The second-order valence-electron chi connectivity index (χ2n) is 4.01. The van der Waals surface area contributed by atoms with Crippen LogP contribution >= 0.6 is 0 Å². The van der Waals surface area contributed by atoms with Crippen LogP contribution < -0.4 is 15.4 Å². The van der Waals surface area contributed by atoms with Crippen molar-refractivity contribution in [3.05, 3.63) is 42.2 Å². The Morgan fingerprint density at radius 1 is 1.22 bits per heavy atom. The minimum Gasteiger partial charge on any atom is -0.497 e. The molecule has 2 aromatic rings. The molecule has 1 heterocycles. The third-order valence-corrected chi connectivity index (χ3v) is 2.61. The van der Waals surface area contributed by atoms with Crippen molar-refractivity contribution in [2.75, 3.05) is 24.8 Å². The van der Waals surface area contributed by atoms with Gasteiger partial charge in [-0.05, 0) is 17.7 Å². The van der Waals surface area contributed by atoms with E-state index in [2.05, 4.69) is 9.97 Å². The van der Waals surface area contributed by atoms with Crippen molar-refractivity contribution in [2.24, 2.45) is 0 Å². The lowest BCUT2D eigenvalue weighted by Crippen LogP contribution is -2.18. The zero-order valence-corrected chi connectivity index (χ0v) is 10.5. The average molecular weight is 244 g/mol. The summed E-state index contributed by atoms with van der Waals surface area (Å²) in [5, 5.41) is 0. The second kappa shape index (κ2) is 5.35. The average Bonchev–Trinajstić information content (AvgIpc) is 2.39. The Morgan fingerprint density at radius 3 is 2.56 bits per heavy atom. The Balaban J connectivity index is 2.08. The summed E-state index contributed by atoms with van der Waals surface area (Å²) in [5.74, 6) is 2.03. The summed E-state index contributed by atoms with van der Waals surface area (Å²) in [6.07, 6.45) is 3.23. The standard InChI is InChI=1S/C13H16N4O/c1-17(13-8-15-7-12(14)16-13)9-10-3-5-11(18-2)6-4-10/h3-8H,9H2,1-2H3,(H2,14,16). The maximum atomic E-state index is 5.61. The Morgan fingerprint density at radius 2 is 1.94 bits per heavy atom. The van der Waals surface area contributed by atoms with Crippen LogP contribution in [0.5, 0.6) is 5.75 Å². The molecule has 2 rings (SSSR count). The number of nitrogens with zero attached hydrogens (tertiary/aromatic N) is 3. The number of anilines is 2.